The third kappa shape index (κ3) is 3.56. The molecule has 0 amide bonds. The maximum Gasteiger partial charge on any atom is 0.173 e. The summed E-state index contributed by atoms with van der Waals surface area (Å²) < 4.78 is 0. The quantitative estimate of drug-likeness (QED) is 0.679. The van der Waals surface area contributed by atoms with Gasteiger partial charge in [0.15, 0.2) is 11.3 Å². The van der Waals surface area contributed by atoms with Crippen molar-refractivity contribution in [1.29, 1.82) is 0 Å². The number of benzene rings is 2. The summed E-state index contributed by atoms with van der Waals surface area (Å²) in [6.45, 7) is 0. The van der Waals surface area contributed by atoms with Crippen LogP contribution in [0.25, 0.3) is 0 Å². The van der Waals surface area contributed by atoms with Crippen LogP contribution in [0.4, 0.5) is 0 Å². The Kier molecular flexibility index (Phi) is 5.22. The number of allylic oxidation sites excluding steroid dienone is 1. The van der Waals surface area contributed by atoms with Crippen molar-refractivity contribution in [2.24, 2.45) is 10.7 Å². The Labute approximate surface area is 169 Å². The fourth-order valence-corrected chi connectivity index (χ4v) is 4.47. The van der Waals surface area contributed by atoms with Crippen LogP contribution < -0.4 is 5.73 Å². The minimum absolute atomic E-state index is 0.0581. The minimum atomic E-state index is -1.10. The standard InChI is InChI=1S/C24H22N2OS/c25-23-17-18(13-14-21-12-7-15-28-21)16-22(27)24(26-23,19-8-3-1-4-9-19)20-10-5-2-6-11-20/h1-12,15,17H,13-14,16H2,(H2,25,26). The fraction of sp³-hybridized carbons (Fsp3) is 0.167. The molecule has 0 aliphatic carbocycles. The second-order valence-corrected chi connectivity index (χ2v) is 7.99. The Balaban J connectivity index is 1.73. The molecule has 2 aromatic carbocycles. The number of Topliss-reactive ketones (excluding diaryl/α,β-unsaturated/α-hetero) is 1. The summed E-state index contributed by atoms with van der Waals surface area (Å²) in [6, 6.07) is 23.7. The Hall–Kier alpha value is -2.98. The van der Waals surface area contributed by atoms with Gasteiger partial charge in [-0.05, 0) is 41.5 Å². The number of aliphatic imine (C=N–C) groups is 1. The number of ketones is 1. The number of hydrogen-bond donors (Lipinski definition) is 1. The second-order valence-electron chi connectivity index (χ2n) is 6.96. The summed E-state index contributed by atoms with van der Waals surface area (Å²) in [7, 11) is 0. The van der Waals surface area contributed by atoms with Crippen molar-refractivity contribution in [1.82, 2.24) is 0 Å². The molecule has 0 unspecified atom stereocenters. The number of aryl methyl sites for hydroxylation is 1. The first kappa shape index (κ1) is 18.4. The predicted octanol–water partition coefficient (Wildman–Crippen LogP) is 4.88. The number of hydrogen-bond acceptors (Lipinski definition) is 4. The van der Waals surface area contributed by atoms with Gasteiger partial charge in [0, 0.05) is 11.3 Å². The average Bonchev–Trinajstić information content (AvgIpc) is 3.21. The van der Waals surface area contributed by atoms with Gasteiger partial charge >= 0.3 is 0 Å². The van der Waals surface area contributed by atoms with Gasteiger partial charge in [0.05, 0.1) is 0 Å². The summed E-state index contributed by atoms with van der Waals surface area (Å²) in [5.41, 5.74) is 7.94. The molecule has 0 fully saturated rings. The van der Waals surface area contributed by atoms with E-state index in [4.69, 9.17) is 10.7 Å². The van der Waals surface area contributed by atoms with E-state index in [0.717, 1.165) is 29.5 Å². The molecule has 0 radical (unpaired) electrons. The van der Waals surface area contributed by atoms with Crippen LogP contribution in [0.5, 0.6) is 0 Å². The largest absolute Gasteiger partial charge is 0.384 e. The van der Waals surface area contributed by atoms with Gasteiger partial charge in [-0.15, -0.1) is 11.3 Å². The molecule has 0 spiro atoms. The van der Waals surface area contributed by atoms with Crippen LogP contribution in [0, 0.1) is 0 Å². The average molecular weight is 387 g/mol. The van der Waals surface area contributed by atoms with Gasteiger partial charge in [0.25, 0.3) is 0 Å². The molecule has 0 saturated heterocycles. The Bertz CT molecular complexity index is 966. The van der Waals surface area contributed by atoms with Crippen LogP contribution >= 0.6 is 11.3 Å². The van der Waals surface area contributed by atoms with Crippen molar-refractivity contribution in [2.45, 2.75) is 24.8 Å². The van der Waals surface area contributed by atoms with Crippen molar-refractivity contribution in [3.63, 3.8) is 0 Å². The molecular formula is C24H22N2OS. The van der Waals surface area contributed by atoms with Gasteiger partial charge < -0.3 is 5.73 Å². The number of nitrogens with zero attached hydrogens (tertiary/aromatic N) is 1. The lowest BCUT2D eigenvalue weighted by atomic mass is 9.78. The molecule has 28 heavy (non-hydrogen) atoms. The van der Waals surface area contributed by atoms with E-state index in [1.165, 1.54) is 4.88 Å². The van der Waals surface area contributed by atoms with Crippen LogP contribution in [-0.4, -0.2) is 11.6 Å². The third-order valence-electron chi connectivity index (χ3n) is 5.10. The highest BCUT2D eigenvalue weighted by molar-refractivity contribution is 7.09. The Morgan fingerprint density at radius 3 is 2.11 bits per heavy atom. The van der Waals surface area contributed by atoms with Crippen LogP contribution in [0.2, 0.25) is 0 Å². The van der Waals surface area contributed by atoms with Gasteiger partial charge in [-0.2, -0.15) is 0 Å². The molecule has 0 saturated carbocycles. The second kappa shape index (κ2) is 7.95. The van der Waals surface area contributed by atoms with Crippen LogP contribution in [-0.2, 0) is 16.8 Å². The lowest BCUT2D eigenvalue weighted by molar-refractivity contribution is -0.122. The maximum absolute atomic E-state index is 13.7. The Morgan fingerprint density at radius 2 is 1.54 bits per heavy atom. The van der Waals surface area contributed by atoms with Crippen molar-refractivity contribution in [2.75, 3.05) is 0 Å². The van der Waals surface area contributed by atoms with E-state index in [1.54, 1.807) is 11.3 Å². The van der Waals surface area contributed by atoms with Crippen molar-refractivity contribution >= 4 is 23.0 Å². The zero-order chi connectivity index (χ0) is 19.4. The monoisotopic (exact) mass is 386 g/mol. The number of nitrogens with two attached hydrogens (primary N) is 1. The van der Waals surface area contributed by atoms with E-state index in [-0.39, 0.29) is 5.78 Å². The van der Waals surface area contributed by atoms with E-state index in [9.17, 15) is 4.79 Å². The topological polar surface area (TPSA) is 55.4 Å². The van der Waals surface area contributed by atoms with E-state index >= 15 is 0 Å². The molecule has 3 aromatic rings. The Morgan fingerprint density at radius 1 is 0.893 bits per heavy atom. The number of amidine groups is 1. The molecule has 0 atom stereocenters. The van der Waals surface area contributed by atoms with E-state index < -0.39 is 5.54 Å². The van der Waals surface area contributed by atoms with Gasteiger partial charge in [0.1, 0.15) is 5.84 Å². The van der Waals surface area contributed by atoms with E-state index in [2.05, 4.69) is 17.5 Å². The fourth-order valence-electron chi connectivity index (χ4n) is 3.76. The van der Waals surface area contributed by atoms with Crippen molar-refractivity contribution < 1.29 is 4.79 Å². The van der Waals surface area contributed by atoms with E-state index in [0.29, 0.717) is 12.3 Å². The van der Waals surface area contributed by atoms with Crippen molar-refractivity contribution in [3.05, 3.63) is 106 Å². The first-order valence-electron chi connectivity index (χ1n) is 9.40. The highest BCUT2D eigenvalue weighted by Gasteiger charge is 2.42. The molecule has 1 aliphatic rings. The smallest absolute Gasteiger partial charge is 0.173 e. The summed E-state index contributed by atoms with van der Waals surface area (Å²) in [5.74, 6) is 0.461. The summed E-state index contributed by atoms with van der Waals surface area (Å²) >= 11 is 1.74. The zero-order valence-electron chi connectivity index (χ0n) is 15.5. The van der Waals surface area contributed by atoms with Gasteiger partial charge in [0.2, 0.25) is 0 Å². The van der Waals surface area contributed by atoms with Crippen LogP contribution in [0.3, 0.4) is 0 Å². The highest BCUT2D eigenvalue weighted by Crippen LogP contribution is 2.38. The molecule has 4 rings (SSSR count). The predicted molar refractivity (Wildman–Crippen MR) is 116 cm³/mol. The molecule has 1 aliphatic heterocycles. The normalized spacial score (nSPS) is 16.2. The maximum atomic E-state index is 13.7. The number of carbonyl (C=O) groups is 1. The number of rotatable bonds is 5. The molecule has 140 valence electrons. The molecule has 0 bridgehead atoms. The summed E-state index contributed by atoms with van der Waals surface area (Å²) in [4.78, 5) is 19.8. The van der Waals surface area contributed by atoms with Gasteiger partial charge in [-0.1, -0.05) is 72.3 Å². The number of thiophene rings is 1. The summed E-state index contributed by atoms with van der Waals surface area (Å²) in [6.07, 6.45) is 3.95. The van der Waals surface area contributed by atoms with Crippen molar-refractivity contribution in [3.8, 4) is 0 Å². The zero-order valence-corrected chi connectivity index (χ0v) is 16.4. The summed E-state index contributed by atoms with van der Waals surface area (Å²) in [5, 5.41) is 2.08. The third-order valence-corrected chi connectivity index (χ3v) is 6.03. The number of carbonyl (C=O) groups excluding carboxylic acids is 1. The molecule has 2 heterocycles. The molecule has 4 heteroatoms. The molecular weight excluding hydrogens is 364 g/mol. The first-order valence-corrected chi connectivity index (χ1v) is 10.3. The van der Waals surface area contributed by atoms with Crippen LogP contribution in [0.1, 0.15) is 28.8 Å². The lowest BCUT2D eigenvalue weighted by Gasteiger charge is -2.29. The van der Waals surface area contributed by atoms with Gasteiger partial charge in [-0.3, -0.25) is 4.79 Å². The molecule has 3 nitrogen and oxygen atoms in total. The van der Waals surface area contributed by atoms with E-state index in [1.807, 2.05) is 66.7 Å². The SMILES string of the molecule is NC1=NC(c2ccccc2)(c2ccccc2)C(=O)CC(CCc2cccs2)=C1. The molecule has 2 N–H and O–H groups in total. The first-order chi connectivity index (χ1) is 13.7. The highest BCUT2D eigenvalue weighted by atomic mass is 32.1. The minimum Gasteiger partial charge on any atom is -0.384 e. The lowest BCUT2D eigenvalue weighted by Crippen LogP contribution is -2.36. The molecule has 1 aromatic heterocycles. The van der Waals surface area contributed by atoms with Crippen LogP contribution in [0.15, 0.2) is 94.8 Å². The van der Waals surface area contributed by atoms with Gasteiger partial charge in [-0.25, -0.2) is 4.99 Å².